The molecule has 0 spiro atoms. The van der Waals surface area contributed by atoms with Crippen LogP contribution in [-0.2, 0) is 27.1 Å². The van der Waals surface area contributed by atoms with Gasteiger partial charge in [-0.25, -0.2) is 0 Å². The number of amides is 1. The van der Waals surface area contributed by atoms with Crippen molar-refractivity contribution in [2.24, 2.45) is 0 Å². The summed E-state index contributed by atoms with van der Waals surface area (Å²) in [6.45, 7) is 2.06. The van der Waals surface area contributed by atoms with E-state index in [1.54, 1.807) is 11.8 Å². The number of thioether (sulfide) groups is 1. The van der Waals surface area contributed by atoms with Gasteiger partial charge in [0.2, 0.25) is 5.91 Å². The first-order valence-electron chi connectivity index (χ1n) is 9.56. The molecular formula is C24H25NO2S2. The Balaban J connectivity index is 1.46. The second-order valence-corrected chi connectivity index (χ2v) is 9.50. The number of hydrogen-bond donors (Lipinski definition) is 1. The number of carbonyl (C=O) groups is 1. The maximum Gasteiger partial charge on any atom is 0.225 e. The van der Waals surface area contributed by atoms with Crippen LogP contribution in [-0.4, -0.2) is 15.9 Å². The van der Waals surface area contributed by atoms with Gasteiger partial charge >= 0.3 is 0 Å². The summed E-state index contributed by atoms with van der Waals surface area (Å²) in [5, 5.41) is 2.95. The van der Waals surface area contributed by atoms with E-state index in [4.69, 9.17) is 0 Å². The van der Waals surface area contributed by atoms with Crippen LogP contribution in [0.5, 0.6) is 0 Å². The van der Waals surface area contributed by atoms with E-state index in [1.807, 2.05) is 54.6 Å². The number of carbonyl (C=O) groups excluding carboxylic acids is 1. The molecule has 3 aromatic carbocycles. The molecule has 29 heavy (non-hydrogen) atoms. The molecule has 3 rings (SSSR count). The maximum absolute atomic E-state index is 12.4. The van der Waals surface area contributed by atoms with E-state index in [9.17, 15) is 9.00 Å². The fourth-order valence-electron chi connectivity index (χ4n) is 2.86. The lowest BCUT2D eigenvalue weighted by Gasteiger charge is -2.08. The molecule has 0 heterocycles. The SMILES string of the molecule is Cc1ccc(SCCC(=O)Nc2cccc(CS(=O)Cc3ccccc3)c2)cc1. The second kappa shape index (κ2) is 11.0. The topological polar surface area (TPSA) is 46.2 Å². The van der Waals surface area contributed by atoms with Crippen molar-refractivity contribution in [3.05, 3.63) is 95.6 Å². The van der Waals surface area contributed by atoms with Crippen molar-refractivity contribution >= 4 is 34.2 Å². The summed E-state index contributed by atoms with van der Waals surface area (Å²) >= 11 is 1.68. The number of aryl methyl sites for hydroxylation is 1. The summed E-state index contributed by atoms with van der Waals surface area (Å²) in [7, 11) is -0.987. The molecule has 1 N–H and O–H groups in total. The minimum atomic E-state index is -0.987. The maximum atomic E-state index is 12.4. The van der Waals surface area contributed by atoms with Gasteiger partial charge in [-0.3, -0.25) is 9.00 Å². The van der Waals surface area contributed by atoms with Crippen LogP contribution in [0.1, 0.15) is 23.1 Å². The molecule has 1 unspecified atom stereocenters. The molecule has 0 aliphatic rings. The minimum Gasteiger partial charge on any atom is -0.326 e. The van der Waals surface area contributed by atoms with Gasteiger partial charge in [0.05, 0.1) is 0 Å². The molecule has 3 aromatic rings. The first kappa shape index (κ1) is 21.3. The Morgan fingerprint density at radius 3 is 2.34 bits per heavy atom. The normalized spacial score (nSPS) is 11.8. The second-order valence-electron chi connectivity index (χ2n) is 6.87. The van der Waals surface area contributed by atoms with Gasteiger partial charge in [0.25, 0.3) is 0 Å². The van der Waals surface area contributed by atoms with Gasteiger partial charge in [0.1, 0.15) is 0 Å². The molecule has 0 bridgehead atoms. The predicted molar refractivity (Wildman–Crippen MR) is 124 cm³/mol. The largest absolute Gasteiger partial charge is 0.326 e. The van der Waals surface area contributed by atoms with Crippen LogP contribution in [0.25, 0.3) is 0 Å². The lowest BCUT2D eigenvalue weighted by atomic mass is 10.2. The zero-order valence-electron chi connectivity index (χ0n) is 16.5. The summed E-state index contributed by atoms with van der Waals surface area (Å²) in [5.41, 5.74) is 4.02. The van der Waals surface area contributed by atoms with Gasteiger partial charge in [-0.1, -0.05) is 60.2 Å². The lowest BCUT2D eigenvalue weighted by molar-refractivity contribution is -0.115. The van der Waals surface area contributed by atoms with Crippen LogP contribution in [0.3, 0.4) is 0 Å². The molecule has 150 valence electrons. The van der Waals surface area contributed by atoms with Crippen LogP contribution in [0.15, 0.2) is 83.8 Å². The van der Waals surface area contributed by atoms with E-state index in [-0.39, 0.29) is 5.91 Å². The van der Waals surface area contributed by atoms with Crippen molar-refractivity contribution in [1.29, 1.82) is 0 Å². The molecule has 0 aliphatic carbocycles. The molecule has 5 heteroatoms. The van der Waals surface area contributed by atoms with Crippen molar-refractivity contribution in [1.82, 2.24) is 0 Å². The minimum absolute atomic E-state index is 0.00725. The van der Waals surface area contributed by atoms with E-state index in [0.717, 1.165) is 22.6 Å². The molecule has 1 atom stereocenters. The average molecular weight is 424 g/mol. The third-order valence-corrected chi connectivity index (χ3v) is 6.65. The zero-order chi connectivity index (χ0) is 20.5. The van der Waals surface area contributed by atoms with Crippen molar-refractivity contribution in [3.8, 4) is 0 Å². The number of benzene rings is 3. The van der Waals surface area contributed by atoms with Crippen LogP contribution >= 0.6 is 11.8 Å². The lowest BCUT2D eigenvalue weighted by Crippen LogP contribution is -2.12. The first-order valence-corrected chi connectivity index (χ1v) is 12.0. The Labute approximate surface area is 179 Å². The number of rotatable bonds is 9. The number of anilines is 1. The van der Waals surface area contributed by atoms with Gasteiger partial charge in [-0.2, -0.15) is 0 Å². The average Bonchev–Trinajstić information content (AvgIpc) is 2.70. The number of nitrogens with one attached hydrogen (secondary N) is 1. The van der Waals surface area contributed by atoms with Gasteiger partial charge < -0.3 is 5.32 Å². The van der Waals surface area contributed by atoms with Crippen molar-refractivity contribution in [3.63, 3.8) is 0 Å². The smallest absolute Gasteiger partial charge is 0.225 e. The van der Waals surface area contributed by atoms with Crippen molar-refractivity contribution < 1.29 is 9.00 Å². The number of hydrogen-bond acceptors (Lipinski definition) is 3. The van der Waals surface area contributed by atoms with Crippen LogP contribution in [0.4, 0.5) is 5.69 Å². The first-order chi connectivity index (χ1) is 14.1. The fraction of sp³-hybridized carbons (Fsp3) is 0.208. The van der Waals surface area contributed by atoms with Gasteiger partial charge in [-0.05, 0) is 42.3 Å². The molecule has 0 radical (unpaired) electrons. The Kier molecular flexibility index (Phi) is 8.08. The van der Waals surface area contributed by atoms with Crippen molar-refractivity contribution in [2.45, 2.75) is 29.7 Å². The van der Waals surface area contributed by atoms with Crippen LogP contribution < -0.4 is 5.32 Å². The van der Waals surface area contributed by atoms with Crippen LogP contribution in [0, 0.1) is 6.92 Å². The fourth-order valence-corrected chi connectivity index (χ4v) is 4.92. The molecule has 1 amide bonds. The van der Waals surface area contributed by atoms with E-state index >= 15 is 0 Å². The zero-order valence-corrected chi connectivity index (χ0v) is 18.1. The monoisotopic (exact) mass is 423 g/mol. The molecular weight excluding hydrogens is 398 g/mol. The summed E-state index contributed by atoms with van der Waals surface area (Å²) in [4.78, 5) is 13.4. The third-order valence-electron chi connectivity index (χ3n) is 4.33. The predicted octanol–water partition coefficient (Wildman–Crippen LogP) is 5.56. The standard InChI is InChI=1S/C24H25NO2S2/c1-19-10-12-23(13-11-19)28-15-14-24(26)25-22-9-5-8-21(16-22)18-29(27)17-20-6-3-2-4-7-20/h2-13,16H,14-15,17-18H2,1H3,(H,25,26). The Hall–Kier alpha value is -2.37. The summed E-state index contributed by atoms with van der Waals surface area (Å²) in [5.74, 6) is 1.73. The van der Waals surface area contributed by atoms with E-state index in [1.165, 1.54) is 10.5 Å². The highest BCUT2D eigenvalue weighted by molar-refractivity contribution is 7.99. The van der Waals surface area contributed by atoms with E-state index in [2.05, 4.69) is 36.5 Å². The van der Waals surface area contributed by atoms with Crippen molar-refractivity contribution in [2.75, 3.05) is 11.1 Å². The molecule has 0 fully saturated rings. The quantitative estimate of drug-likeness (QED) is 0.458. The Bertz CT molecular complexity index is 956. The third kappa shape index (κ3) is 7.52. The molecule has 3 nitrogen and oxygen atoms in total. The highest BCUT2D eigenvalue weighted by Crippen LogP contribution is 2.20. The molecule has 0 saturated carbocycles. The highest BCUT2D eigenvalue weighted by Gasteiger charge is 2.07. The Morgan fingerprint density at radius 1 is 0.897 bits per heavy atom. The van der Waals surface area contributed by atoms with E-state index in [0.29, 0.717) is 17.9 Å². The van der Waals surface area contributed by atoms with E-state index < -0.39 is 10.8 Å². The van der Waals surface area contributed by atoms with Crippen LogP contribution in [0.2, 0.25) is 0 Å². The Morgan fingerprint density at radius 2 is 1.59 bits per heavy atom. The van der Waals surface area contributed by atoms with Gasteiger partial charge in [0.15, 0.2) is 0 Å². The molecule has 0 saturated heterocycles. The van der Waals surface area contributed by atoms with Gasteiger partial charge in [0, 0.05) is 45.1 Å². The molecule has 0 aromatic heterocycles. The summed E-state index contributed by atoms with van der Waals surface area (Å²) in [6.07, 6.45) is 0.447. The van der Waals surface area contributed by atoms with Gasteiger partial charge in [-0.15, -0.1) is 11.8 Å². The summed E-state index contributed by atoms with van der Waals surface area (Å²) < 4.78 is 12.4. The molecule has 0 aliphatic heterocycles. The summed E-state index contributed by atoms with van der Waals surface area (Å²) in [6, 6.07) is 25.8. The highest BCUT2D eigenvalue weighted by atomic mass is 32.2.